The van der Waals surface area contributed by atoms with Crippen LogP contribution in [-0.4, -0.2) is 11.1 Å². The molecule has 0 saturated carbocycles. The topological polar surface area (TPSA) is 55.1 Å². The van der Waals surface area contributed by atoms with Crippen LogP contribution in [0.2, 0.25) is 0 Å². The van der Waals surface area contributed by atoms with Crippen molar-refractivity contribution in [3.63, 3.8) is 0 Å². The molecule has 4 nitrogen and oxygen atoms in total. The summed E-state index contributed by atoms with van der Waals surface area (Å²) >= 11 is 0. The van der Waals surface area contributed by atoms with Gasteiger partial charge >= 0.3 is 0 Å². The van der Waals surface area contributed by atoms with Crippen LogP contribution in [0.5, 0.6) is 0 Å². The van der Waals surface area contributed by atoms with Crippen LogP contribution in [0.15, 0.2) is 41.1 Å². The predicted molar refractivity (Wildman–Crippen MR) is 67.1 cm³/mol. The maximum atomic E-state index is 11.9. The van der Waals surface area contributed by atoms with Gasteiger partial charge in [0.1, 0.15) is 6.26 Å². The third-order valence-electron chi connectivity index (χ3n) is 2.49. The molecule has 1 aromatic heterocycles. The molecule has 0 aliphatic carbocycles. The zero-order valence-corrected chi connectivity index (χ0v) is 9.81. The van der Waals surface area contributed by atoms with Gasteiger partial charge in [-0.3, -0.25) is 4.79 Å². The summed E-state index contributed by atoms with van der Waals surface area (Å²) in [6.07, 6.45) is 1.42. The molecule has 0 aliphatic rings. The number of rotatable bonds is 3. The molecule has 0 spiro atoms. The van der Waals surface area contributed by atoms with E-state index in [0.717, 1.165) is 5.56 Å². The molecule has 2 rings (SSSR count). The minimum Gasteiger partial charge on any atom is -0.363 e. The van der Waals surface area contributed by atoms with Gasteiger partial charge < -0.3 is 9.84 Å². The summed E-state index contributed by atoms with van der Waals surface area (Å²) in [4.78, 5) is 11.9. The first-order chi connectivity index (χ1) is 8.16. The van der Waals surface area contributed by atoms with Crippen molar-refractivity contribution >= 4 is 11.7 Å². The van der Waals surface area contributed by atoms with Crippen LogP contribution in [0.4, 0.5) is 5.82 Å². The van der Waals surface area contributed by atoms with E-state index in [0.29, 0.717) is 17.3 Å². The Hall–Kier alpha value is -2.10. The Bertz CT molecular complexity index is 509. The molecule has 0 fully saturated rings. The minimum atomic E-state index is -0.179. The predicted octanol–water partition coefficient (Wildman–Crippen LogP) is 3.30. The number of aromatic nitrogens is 1. The molecule has 0 aliphatic heterocycles. The summed E-state index contributed by atoms with van der Waals surface area (Å²) in [6.45, 7) is 4.18. The van der Waals surface area contributed by atoms with Crippen LogP contribution in [0, 0.1) is 0 Å². The highest BCUT2D eigenvalue weighted by Gasteiger charge is 2.09. The van der Waals surface area contributed by atoms with Crippen LogP contribution in [0.25, 0.3) is 0 Å². The monoisotopic (exact) mass is 232 g/mol. The summed E-state index contributed by atoms with van der Waals surface area (Å²) in [5.41, 5.74) is 1.76. The quantitative estimate of drug-likeness (QED) is 0.883. The molecule has 0 bridgehead atoms. The van der Waals surface area contributed by atoms with E-state index in [-0.39, 0.29) is 7.33 Å². The van der Waals surface area contributed by atoms with Crippen molar-refractivity contribution in [2.45, 2.75) is 19.8 Å². The smallest absolute Gasteiger partial charge is 0.256 e. The fourth-order valence-electron chi connectivity index (χ4n) is 1.50. The van der Waals surface area contributed by atoms with Gasteiger partial charge in [-0.25, -0.2) is 0 Å². The second kappa shape index (κ2) is 4.82. The fraction of sp³-hybridized carbons (Fsp3) is 0.231. The molecule has 0 atom stereocenters. The van der Waals surface area contributed by atoms with Gasteiger partial charge in [0.25, 0.3) is 5.91 Å². The Labute approximate surface area is 101 Å². The van der Waals surface area contributed by atoms with Crippen LogP contribution in [0.1, 0.15) is 37.1 Å². The Morgan fingerprint density at radius 1 is 1.41 bits per heavy atom. The van der Waals surface area contributed by atoms with Gasteiger partial charge in [0.2, 0.25) is 0 Å². The van der Waals surface area contributed by atoms with Crippen molar-refractivity contribution in [1.82, 2.24) is 5.16 Å². The van der Waals surface area contributed by atoms with Gasteiger partial charge in [-0.2, -0.15) is 0 Å². The number of hydrogen-bond donors (Lipinski definition) is 1. The highest BCUT2D eigenvalue weighted by atomic mass is 16.5. The summed E-state index contributed by atoms with van der Waals surface area (Å²) in [7, 11) is 0. The Balaban J connectivity index is 0.00000162. The second-order valence-electron chi connectivity index (χ2n) is 4.12. The van der Waals surface area contributed by atoms with E-state index >= 15 is 0 Å². The first-order valence-corrected chi connectivity index (χ1v) is 5.48. The lowest BCUT2D eigenvalue weighted by atomic mass is 10.0. The molecule has 0 unspecified atom stereocenters. The number of carbonyl (C=O) groups excluding carboxylic acids is 1. The molecule has 0 radical (unpaired) electrons. The van der Waals surface area contributed by atoms with E-state index < -0.39 is 0 Å². The maximum absolute atomic E-state index is 11.9. The molecule has 90 valence electrons. The lowest BCUT2D eigenvalue weighted by Gasteiger charge is -2.07. The average Bonchev–Trinajstić information content (AvgIpc) is 2.82. The first-order valence-electron chi connectivity index (χ1n) is 5.48. The molecule has 1 heterocycles. The summed E-state index contributed by atoms with van der Waals surface area (Å²) in [5, 5.41) is 6.29. The number of benzene rings is 1. The molecule has 1 amide bonds. The van der Waals surface area contributed by atoms with E-state index in [1.807, 2.05) is 18.2 Å². The maximum Gasteiger partial charge on any atom is 0.256 e. The molecule has 0 saturated heterocycles. The lowest BCUT2D eigenvalue weighted by molar-refractivity contribution is 0.102. The van der Waals surface area contributed by atoms with Gasteiger partial charge in [-0.1, -0.05) is 31.1 Å². The zero-order chi connectivity index (χ0) is 12.3. The van der Waals surface area contributed by atoms with Crippen LogP contribution in [-0.2, 0) is 0 Å². The third-order valence-corrected chi connectivity index (χ3v) is 2.49. The number of nitrogens with one attached hydrogen (secondary N) is 1. The molecule has 17 heavy (non-hydrogen) atoms. The van der Waals surface area contributed by atoms with Gasteiger partial charge in [0.05, 0.1) is 0 Å². The van der Waals surface area contributed by atoms with Gasteiger partial charge in [-0.05, 0) is 23.6 Å². The summed E-state index contributed by atoms with van der Waals surface area (Å²) < 4.78 is 4.65. The van der Waals surface area contributed by atoms with E-state index in [4.69, 9.17) is 0 Å². The van der Waals surface area contributed by atoms with Crippen molar-refractivity contribution in [1.29, 1.82) is 0 Å². The van der Waals surface area contributed by atoms with Gasteiger partial charge in [-0.15, -0.1) is 0 Å². The molecule has 4 heteroatoms. The summed E-state index contributed by atoms with van der Waals surface area (Å²) in [6, 6.07) is 9.16. The first kappa shape index (κ1) is 11.4. The minimum absolute atomic E-state index is 0. The molecular formula is C13H16N2O2. The number of hydrogen-bond acceptors (Lipinski definition) is 3. The number of nitrogens with zero attached hydrogens (tertiary/aromatic N) is 1. The SMILES string of the molecule is CC(C)c1cccc(C(=O)Nc2ccon2)c1.[HH]. The zero-order valence-electron chi connectivity index (χ0n) is 9.81. The largest absolute Gasteiger partial charge is 0.363 e. The fourth-order valence-corrected chi connectivity index (χ4v) is 1.50. The number of amides is 1. The third kappa shape index (κ3) is 2.72. The van der Waals surface area contributed by atoms with E-state index in [2.05, 4.69) is 28.8 Å². The molecule has 1 aromatic carbocycles. The van der Waals surface area contributed by atoms with Crippen LogP contribution in [0.3, 0.4) is 0 Å². The van der Waals surface area contributed by atoms with Crippen molar-refractivity contribution in [2.24, 2.45) is 0 Å². The van der Waals surface area contributed by atoms with Gasteiger partial charge in [0.15, 0.2) is 5.82 Å². The molecular weight excluding hydrogens is 216 g/mol. The highest BCUT2D eigenvalue weighted by molar-refractivity contribution is 6.03. The Morgan fingerprint density at radius 3 is 2.88 bits per heavy atom. The molecule has 2 aromatic rings. The molecule has 1 N–H and O–H groups in total. The van der Waals surface area contributed by atoms with Crippen LogP contribution < -0.4 is 5.32 Å². The van der Waals surface area contributed by atoms with Crippen molar-refractivity contribution in [3.05, 3.63) is 47.7 Å². The van der Waals surface area contributed by atoms with E-state index in [9.17, 15) is 4.79 Å². The Kier molecular flexibility index (Phi) is 3.23. The van der Waals surface area contributed by atoms with Crippen LogP contribution >= 0.6 is 0 Å². The normalized spacial score (nSPS) is 10.5. The van der Waals surface area contributed by atoms with E-state index in [1.54, 1.807) is 12.1 Å². The number of anilines is 1. The second-order valence-corrected chi connectivity index (χ2v) is 4.12. The van der Waals surface area contributed by atoms with E-state index in [1.165, 1.54) is 6.26 Å². The van der Waals surface area contributed by atoms with Crippen molar-refractivity contribution in [2.75, 3.05) is 5.32 Å². The summed E-state index contributed by atoms with van der Waals surface area (Å²) in [5.74, 6) is 0.640. The standard InChI is InChI=1S/C13H14N2O2.H2/c1-9(2)10-4-3-5-11(8-10)13(16)14-12-6-7-17-15-12;/h3-9H,1-2H3,(H,14,15,16);1H. The average molecular weight is 232 g/mol. The van der Waals surface area contributed by atoms with Gasteiger partial charge in [0, 0.05) is 13.1 Å². The Morgan fingerprint density at radius 2 is 2.24 bits per heavy atom. The van der Waals surface area contributed by atoms with Crippen molar-refractivity contribution in [3.8, 4) is 0 Å². The number of carbonyl (C=O) groups is 1. The highest BCUT2D eigenvalue weighted by Crippen LogP contribution is 2.16. The lowest BCUT2D eigenvalue weighted by Crippen LogP contribution is -2.12. The van der Waals surface area contributed by atoms with Crippen molar-refractivity contribution < 1.29 is 10.7 Å².